The number of aromatic nitrogens is 1. The molecule has 0 radical (unpaired) electrons. The van der Waals surface area contributed by atoms with Crippen molar-refractivity contribution in [2.75, 3.05) is 0 Å². The molecule has 5 heteroatoms. The summed E-state index contributed by atoms with van der Waals surface area (Å²) in [7, 11) is 1.18. The Morgan fingerprint density at radius 2 is 2.09 bits per heavy atom. The molecule has 0 saturated heterocycles. The van der Waals surface area contributed by atoms with Crippen LogP contribution in [0.25, 0.3) is 0 Å². The minimum atomic E-state index is -1.32. The fourth-order valence-electron chi connectivity index (χ4n) is 0.659. The van der Waals surface area contributed by atoms with Crippen molar-refractivity contribution in [3.05, 3.63) is 28.2 Å². The highest BCUT2D eigenvalue weighted by Crippen LogP contribution is 2.07. The minimum Gasteiger partial charge on any atom is -0.501 e. The van der Waals surface area contributed by atoms with E-state index in [2.05, 4.69) is 0 Å². The zero-order valence-corrected chi connectivity index (χ0v) is 5.64. The van der Waals surface area contributed by atoms with Crippen molar-refractivity contribution < 1.29 is 13.9 Å². The van der Waals surface area contributed by atoms with E-state index >= 15 is 0 Å². The molecule has 0 spiro atoms. The molecule has 11 heavy (non-hydrogen) atoms. The van der Waals surface area contributed by atoms with Gasteiger partial charge in [0.15, 0.2) is 5.82 Å². The molecule has 0 aliphatic heterocycles. The number of hydrogen-bond donors (Lipinski definition) is 1. The lowest BCUT2D eigenvalue weighted by Crippen LogP contribution is -2.13. The van der Waals surface area contributed by atoms with Crippen LogP contribution >= 0.6 is 0 Å². The molecule has 1 heterocycles. The summed E-state index contributed by atoms with van der Waals surface area (Å²) in [5.74, 6) is -3.50. The van der Waals surface area contributed by atoms with Gasteiger partial charge in [0.1, 0.15) is 0 Å². The maximum absolute atomic E-state index is 12.5. The second-order valence-corrected chi connectivity index (χ2v) is 2.06. The first kappa shape index (κ1) is 7.71. The molecule has 1 N–H and O–H groups in total. The smallest absolute Gasteiger partial charge is 0.261 e. The van der Waals surface area contributed by atoms with Crippen LogP contribution in [0.15, 0.2) is 11.0 Å². The van der Waals surface area contributed by atoms with Crippen LogP contribution in [0.2, 0.25) is 0 Å². The Labute approximate surface area is 60.5 Å². The fraction of sp³-hybridized carbons (Fsp3) is 0.167. The van der Waals surface area contributed by atoms with Crippen molar-refractivity contribution in [2.24, 2.45) is 7.05 Å². The summed E-state index contributed by atoms with van der Waals surface area (Å²) in [4.78, 5) is 10.5. The molecule has 0 aromatic carbocycles. The zero-order valence-electron chi connectivity index (χ0n) is 5.64. The molecule has 0 aliphatic rings. The SMILES string of the molecule is Cn1cc(F)c(=O)c(O)c1F. The van der Waals surface area contributed by atoms with Gasteiger partial charge in [0.2, 0.25) is 11.7 Å². The van der Waals surface area contributed by atoms with Gasteiger partial charge < -0.3 is 9.67 Å². The molecule has 1 aromatic heterocycles. The normalized spacial score (nSPS) is 10.1. The van der Waals surface area contributed by atoms with Crippen molar-refractivity contribution in [2.45, 2.75) is 0 Å². The number of halogens is 2. The van der Waals surface area contributed by atoms with E-state index in [4.69, 9.17) is 5.11 Å². The van der Waals surface area contributed by atoms with E-state index < -0.39 is 22.9 Å². The van der Waals surface area contributed by atoms with E-state index in [9.17, 15) is 13.6 Å². The van der Waals surface area contributed by atoms with Crippen LogP contribution in [0, 0.1) is 11.8 Å². The summed E-state index contributed by atoms with van der Waals surface area (Å²) in [5.41, 5.74) is -1.32. The maximum Gasteiger partial charge on any atom is 0.261 e. The summed E-state index contributed by atoms with van der Waals surface area (Å²) in [6.45, 7) is 0. The Morgan fingerprint density at radius 3 is 2.64 bits per heavy atom. The van der Waals surface area contributed by atoms with E-state index in [-0.39, 0.29) is 0 Å². The van der Waals surface area contributed by atoms with Gasteiger partial charge in [-0.2, -0.15) is 4.39 Å². The van der Waals surface area contributed by atoms with Crippen molar-refractivity contribution in [3.63, 3.8) is 0 Å². The first-order valence-electron chi connectivity index (χ1n) is 2.77. The van der Waals surface area contributed by atoms with Gasteiger partial charge in [0, 0.05) is 13.2 Å². The van der Waals surface area contributed by atoms with Crippen LogP contribution in [-0.4, -0.2) is 9.67 Å². The minimum absolute atomic E-state index is 0.664. The van der Waals surface area contributed by atoms with Crippen molar-refractivity contribution in [3.8, 4) is 5.75 Å². The number of hydrogen-bond acceptors (Lipinski definition) is 2. The molecule has 60 valence electrons. The number of aryl methyl sites for hydroxylation is 1. The molecule has 1 aromatic rings. The van der Waals surface area contributed by atoms with Gasteiger partial charge in [0.25, 0.3) is 5.43 Å². The monoisotopic (exact) mass is 161 g/mol. The van der Waals surface area contributed by atoms with Crippen molar-refractivity contribution in [1.29, 1.82) is 0 Å². The molecule has 0 aliphatic carbocycles. The van der Waals surface area contributed by atoms with Gasteiger partial charge in [-0.25, -0.2) is 4.39 Å². The van der Waals surface area contributed by atoms with Gasteiger partial charge in [-0.1, -0.05) is 0 Å². The van der Waals surface area contributed by atoms with Gasteiger partial charge >= 0.3 is 0 Å². The highest BCUT2D eigenvalue weighted by atomic mass is 19.1. The second-order valence-electron chi connectivity index (χ2n) is 2.06. The van der Waals surface area contributed by atoms with Crippen LogP contribution in [0.3, 0.4) is 0 Å². The van der Waals surface area contributed by atoms with E-state index in [0.717, 1.165) is 0 Å². The average molecular weight is 161 g/mol. The van der Waals surface area contributed by atoms with Gasteiger partial charge in [-0.3, -0.25) is 4.79 Å². The van der Waals surface area contributed by atoms with Gasteiger partial charge in [0.05, 0.1) is 0 Å². The van der Waals surface area contributed by atoms with Crippen molar-refractivity contribution in [1.82, 2.24) is 4.57 Å². The Hall–Kier alpha value is -1.39. The zero-order chi connectivity index (χ0) is 8.59. The molecule has 0 saturated carbocycles. The first-order chi connectivity index (χ1) is 5.04. The summed E-state index contributed by atoms with van der Waals surface area (Å²) < 4.78 is 25.6. The molecule has 0 atom stereocenters. The van der Waals surface area contributed by atoms with Crippen LogP contribution in [-0.2, 0) is 7.05 Å². The quantitative estimate of drug-likeness (QED) is 0.558. The lowest BCUT2D eigenvalue weighted by molar-refractivity contribution is 0.384. The van der Waals surface area contributed by atoms with Gasteiger partial charge in [-0.15, -0.1) is 0 Å². The molecule has 0 fully saturated rings. The van der Waals surface area contributed by atoms with E-state index in [1.54, 1.807) is 0 Å². The van der Waals surface area contributed by atoms with Crippen molar-refractivity contribution >= 4 is 0 Å². The molecule has 0 unspecified atom stereocenters. The molecular formula is C6H5F2NO2. The van der Waals surface area contributed by atoms with Crippen LogP contribution in [0.4, 0.5) is 8.78 Å². The molecule has 0 amide bonds. The largest absolute Gasteiger partial charge is 0.501 e. The highest BCUT2D eigenvalue weighted by Gasteiger charge is 2.11. The third-order valence-electron chi connectivity index (χ3n) is 1.24. The van der Waals surface area contributed by atoms with E-state index in [0.29, 0.717) is 10.8 Å². The van der Waals surface area contributed by atoms with Crippen LogP contribution in [0.5, 0.6) is 5.75 Å². The molecule has 1 rings (SSSR count). The Kier molecular flexibility index (Phi) is 1.64. The van der Waals surface area contributed by atoms with E-state index in [1.807, 2.05) is 0 Å². The molecule has 3 nitrogen and oxygen atoms in total. The Morgan fingerprint density at radius 1 is 1.55 bits per heavy atom. The summed E-state index contributed by atoms with van der Waals surface area (Å²) >= 11 is 0. The predicted molar refractivity (Wildman–Crippen MR) is 33.3 cm³/mol. The van der Waals surface area contributed by atoms with Gasteiger partial charge in [-0.05, 0) is 0 Å². The van der Waals surface area contributed by atoms with Crippen LogP contribution in [0.1, 0.15) is 0 Å². The number of nitrogens with zero attached hydrogens (tertiary/aromatic N) is 1. The third kappa shape index (κ3) is 1.09. The lowest BCUT2D eigenvalue weighted by Gasteiger charge is -2.00. The van der Waals surface area contributed by atoms with E-state index in [1.165, 1.54) is 7.05 Å². The summed E-state index contributed by atoms with van der Waals surface area (Å²) in [5, 5.41) is 8.62. The Balaban J connectivity index is 3.59. The fourth-order valence-corrected chi connectivity index (χ4v) is 0.659. The number of rotatable bonds is 0. The summed E-state index contributed by atoms with van der Waals surface area (Å²) in [6.07, 6.45) is 0.664. The topological polar surface area (TPSA) is 42.2 Å². The molecular weight excluding hydrogens is 156 g/mol. The summed E-state index contributed by atoms with van der Waals surface area (Å²) in [6, 6.07) is 0. The van der Waals surface area contributed by atoms with Crippen LogP contribution < -0.4 is 5.43 Å². The number of aromatic hydroxyl groups is 1. The third-order valence-corrected chi connectivity index (χ3v) is 1.24. The maximum atomic E-state index is 12.5. The predicted octanol–water partition coefficient (Wildman–Crippen LogP) is 0.369. The molecule has 0 bridgehead atoms. The number of pyridine rings is 1. The Bertz CT molecular complexity index is 345. The first-order valence-corrected chi connectivity index (χ1v) is 2.77. The lowest BCUT2D eigenvalue weighted by atomic mass is 10.4. The average Bonchev–Trinajstić information content (AvgIpc) is 1.97. The second kappa shape index (κ2) is 2.34. The highest BCUT2D eigenvalue weighted by molar-refractivity contribution is 5.18. The standard InChI is InChI=1S/C6H5F2NO2/c1-9-2-3(7)4(10)5(11)6(9)8/h2,11H,1H3.